The minimum absolute atomic E-state index is 0.105. The zero-order valence-electron chi connectivity index (χ0n) is 14.6. The molecule has 0 fully saturated rings. The topological polar surface area (TPSA) is 94.9 Å². The number of nitrogens with one attached hydrogen (secondary N) is 2. The van der Waals surface area contributed by atoms with Gasteiger partial charge in [-0.05, 0) is 49.4 Å². The third-order valence-corrected chi connectivity index (χ3v) is 3.81. The maximum absolute atomic E-state index is 12.4. The molecule has 6 heteroatoms. The average molecular weight is 356 g/mol. The van der Waals surface area contributed by atoms with Gasteiger partial charge in [-0.25, -0.2) is 0 Å². The molecule has 1 heterocycles. The molecule has 0 saturated carbocycles. The first kappa shape index (κ1) is 17.8. The normalized spacial score (nSPS) is 9.93. The van der Waals surface area contributed by atoms with Crippen LogP contribution < -0.4 is 10.6 Å². The second-order valence-corrected chi connectivity index (χ2v) is 5.90. The van der Waals surface area contributed by atoms with Gasteiger partial charge in [-0.2, -0.15) is 5.26 Å². The van der Waals surface area contributed by atoms with E-state index in [4.69, 9.17) is 5.26 Å². The summed E-state index contributed by atoms with van der Waals surface area (Å²) in [7, 11) is 0. The van der Waals surface area contributed by atoms with Gasteiger partial charge in [0.05, 0.1) is 11.6 Å². The smallest absolute Gasteiger partial charge is 0.274 e. The van der Waals surface area contributed by atoms with Crippen LogP contribution in [0, 0.1) is 18.3 Å². The summed E-state index contributed by atoms with van der Waals surface area (Å²) < 4.78 is 0. The van der Waals surface area contributed by atoms with Crippen molar-refractivity contribution < 1.29 is 9.59 Å². The number of pyridine rings is 1. The van der Waals surface area contributed by atoms with Crippen LogP contribution in [-0.4, -0.2) is 16.8 Å². The number of carbonyl (C=O) groups is 2. The van der Waals surface area contributed by atoms with Crippen LogP contribution in [0.25, 0.3) is 0 Å². The summed E-state index contributed by atoms with van der Waals surface area (Å²) in [5, 5.41) is 14.4. The molecular weight excluding hydrogens is 340 g/mol. The Labute approximate surface area is 156 Å². The van der Waals surface area contributed by atoms with Crippen molar-refractivity contribution in [2.75, 3.05) is 10.6 Å². The van der Waals surface area contributed by atoms with Crippen molar-refractivity contribution in [2.45, 2.75) is 6.92 Å². The van der Waals surface area contributed by atoms with Crippen molar-refractivity contribution in [3.05, 3.63) is 89.2 Å². The highest BCUT2D eigenvalue weighted by molar-refractivity contribution is 6.07. The van der Waals surface area contributed by atoms with Gasteiger partial charge in [-0.15, -0.1) is 0 Å². The Hall–Kier alpha value is -3.98. The van der Waals surface area contributed by atoms with Gasteiger partial charge < -0.3 is 10.6 Å². The zero-order chi connectivity index (χ0) is 19.2. The lowest BCUT2D eigenvalue weighted by molar-refractivity contribution is 0.102. The number of nitriles is 1. The lowest BCUT2D eigenvalue weighted by Crippen LogP contribution is -2.17. The highest BCUT2D eigenvalue weighted by Crippen LogP contribution is 2.13. The Morgan fingerprint density at radius 1 is 0.926 bits per heavy atom. The Morgan fingerprint density at radius 2 is 1.67 bits per heavy atom. The summed E-state index contributed by atoms with van der Waals surface area (Å²) in [6.07, 6.45) is 1.41. The molecule has 2 aromatic carbocycles. The highest BCUT2D eigenvalue weighted by Gasteiger charge is 2.12. The van der Waals surface area contributed by atoms with E-state index < -0.39 is 5.91 Å². The van der Waals surface area contributed by atoms with Gasteiger partial charge in [0.1, 0.15) is 5.69 Å². The molecule has 3 aromatic rings. The van der Waals surface area contributed by atoms with Crippen molar-refractivity contribution >= 4 is 23.2 Å². The minimum Gasteiger partial charge on any atom is -0.322 e. The molecule has 0 aliphatic carbocycles. The van der Waals surface area contributed by atoms with Crippen LogP contribution in [0.5, 0.6) is 0 Å². The van der Waals surface area contributed by atoms with Gasteiger partial charge in [-0.3, -0.25) is 14.6 Å². The molecule has 0 unspecified atom stereocenters. The monoisotopic (exact) mass is 356 g/mol. The SMILES string of the molecule is Cc1ccc(NC(=O)c2ccnc(C(=O)Nc3cccc(C#N)c3)c2)cc1. The summed E-state index contributed by atoms with van der Waals surface area (Å²) in [5.74, 6) is -0.795. The number of carbonyl (C=O) groups excluding carboxylic acids is 2. The van der Waals surface area contributed by atoms with E-state index in [1.807, 2.05) is 37.3 Å². The van der Waals surface area contributed by atoms with Crippen molar-refractivity contribution in [3.8, 4) is 6.07 Å². The molecule has 2 N–H and O–H groups in total. The van der Waals surface area contributed by atoms with Gasteiger partial charge in [0.25, 0.3) is 11.8 Å². The lowest BCUT2D eigenvalue weighted by Gasteiger charge is -2.08. The van der Waals surface area contributed by atoms with E-state index in [1.165, 1.54) is 18.3 Å². The van der Waals surface area contributed by atoms with Crippen molar-refractivity contribution in [2.24, 2.45) is 0 Å². The van der Waals surface area contributed by atoms with E-state index in [1.54, 1.807) is 24.3 Å². The average Bonchev–Trinajstić information content (AvgIpc) is 2.70. The fraction of sp³-hybridized carbons (Fsp3) is 0.0476. The van der Waals surface area contributed by atoms with Gasteiger partial charge >= 0.3 is 0 Å². The first-order chi connectivity index (χ1) is 13.0. The third kappa shape index (κ3) is 4.55. The second-order valence-electron chi connectivity index (χ2n) is 5.90. The molecule has 0 atom stereocenters. The Balaban J connectivity index is 1.74. The van der Waals surface area contributed by atoms with Crippen LogP contribution in [0.4, 0.5) is 11.4 Å². The fourth-order valence-corrected chi connectivity index (χ4v) is 2.40. The Morgan fingerprint density at radius 3 is 2.41 bits per heavy atom. The number of rotatable bonds is 4. The predicted molar refractivity (Wildman–Crippen MR) is 102 cm³/mol. The van der Waals surface area contributed by atoms with Gasteiger partial charge in [0.2, 0.25) is 0 Å². The van der Waals surface area contributed by atoms with Gasteiger partial charge in [0.15, 0.2) is 0 Å². The van der Waals surface area contributed by atoms with Crippen LogP contribution in [0.1, 0.15) is 32.0 Å². The molecule has 0 saturated heterocycles. The number of aryl methyl sites for hydroxylation is 1. The fourth-order valence-electron chi connectivity index (χ4n) is 2.40. The van der Waals surface area contributed by atoms with Gasteiger partial charge in [0, 0.05) is 23.1 Å². The van der Waals surface area contributed by atoms with Crippen LogP contribution in [0.2, 0.25) is 0 Å². The third-order valence-electron chi connectivity index (χ3n) is 3.81. The van der Waals surface area contributed by atoms with Crippen molar-refractivity contribution in [3.63, 3.8) is 0 Å². The summed E-state index contributed by atoms with van der Waals surface area (Å²) in [6, 6.07) is 18.9. The molecule has 0 bridgehead atoms. The first-order valence-corrected chi connectivity index (χ1v) is 8.21. The summed E-state index contributed by atoms with van der Waals surface area (Å²) in [4.78, 5) is 28.8. The van der Waals surface area contributed by atoms with Crippen LogP contribution in [0.15, 0.2) is 66.9 Å². The minimum atomic E-state index is -0.463. The number of amides is 2. The van der Waals surface area contributed by atoms with Crippen molar-refractivity contribution in [1.29, 1.82) is 5.26 Å². The summed E-state index contributed by atoms with van der Waals surface area (Å²) in [5.41, 5.74) is 3.11. The first-order valence-electron chi connectivity index (χ1n) is 8.21. The van der Waals surface area contributed by atoms with E-state index in [2.05, 4.69) is 15.6 Å². The van der Waals surface area contributed by atoms with Crippen LogP contribution in [-0.2, 0) is 0 Å². The molecule has 1 aromatic heterocycles. The molecule has 2 amide bonds. The van der Waals surface area contributed by atoms with Gasteiger partial charge in [-0.1, -0.05) is 23.8 Å². The Kier molecular flexibility index (Phi) is 5.24. The molecule has 27 heavy (non-hydrogen) atoms. The molecule has 6 nitrogen and oxygen atoms in total. The number of hydrogen-bond donors (Lipinski definition) is 2. The quantitative estimate of drug-likeness (QED) is 0.744. The highest BCUT2D eigenvalue weighted by atomic mass is 16.2. The molecule has 0 spiro atoms. The maximum atomic E-state index is 12.4. The molecule has 0 radical (unpaired) electrons. The second kappa shape index (κ2) is 7.93. The summed E-state index contributed by atoms with van der Waals surface area (Å²) in [6.45, 7) is 1.96. The molecule has 132 valence electrons. The van der Waals surface area contributed by atoms with E-state index in [0.29, 0.717) is 22.5 Å². The molecule has 3 rings (SSSR count). The van der Waals surface area contributed by atoms with E-state index >= 15 is 0 Å². The number of nitrogens with zero attached hydrogens (tertiary/aromatic N) is 2. The number of aromatic nitrogens is 1. The van der Waals surface area contributed by atoms with E-state index in [9.17, 15) is 9.59 Å². The predicted octanol–water partition coefficient (Wildman–Crippen LogP) is 3.77. The number of benzene rings is 2. The van der Waals surface area contributed by atoms with E-state index in [-0.39, 0.29) is 11.6 Å². The van der Waals surface area contributed by atoms with Crippen LogP contribution >= 0.6 is 0 Å². The molecule has 0 aliphatic heterocycles. The molecular formula is C21H16N4O2. The number of anilines is 2. The Bertz CT molecular complexity index is 1040. The standard InChI is InChI=1S/C21H16N4O2/c1-14-5-7-17(8-6-14)24-20(26)16-9-10-23-19(12-16)21(27)25-18-4-2-3-15(11-18)13-22/h2-12H,1H3,(H,24,26)(H,25,27). The van der Waals surface area contributed by atoms with Crippen molar-refractivity contribution in [1.82, 2.24) is 4.98 Å². The van der Waals surface area contributed by atoms with E-state index in [0.717, 1.165) is 5.56 Å². The summed E-state index contributed by atoms with van der Waals surface area (Å²) >= 11 is 0. The zero-order valence-corrected chi connectivity index (χ0v) is 14.6. The number of hydrogen-bond acceptors (Lipinski definition) is 4. The largest absolute Gasteiger partial charge is 0.322 e. The maximum Gasteiger partial charge on any atom is 0.274 e. The van der Waals surface area contributed by atoms with Crippen LogP contribution in [0.3, 0.4) is 0 Å². The molecule has 0 aliphatic rings. The lowest BCUT2D eigenvalue weighted by atomic mass is 10.1.